The molecular weight excluding hydrogens is 307 g/mol. The van der Waals surface area contributed by atoms with Gasteiger partial charge in [0.25, 0.3) is 0 Å². The number of nitrogens with one attached hydrogen (secondary N) is 1. The summed E-state index contributed by atoms with van der Waals surface area (Å²) in [6.07, 6.45) is 1.90. The highest BCUT2D eigenvalue weighted by Crippen LogP contribution is 2.11. The van der Waals surface area contributed by atoms with Crippen molar-refractivity contribution in [2.45, 2.75) is 39.2 Å². The van der Waals surface area contributed by atoms with E-state index in [1.165, 1.54) is 12.1 Å². The molecule has 1 amide bonds. The molecule has 0 aliphatic carbocycles. The predicted molar refractivity (Wildman–Crippen MR) is 88.8 cm³/mol. The number of hydrogen-bond donors (Lipinski definition) is 2. The summed E-state index contributed by atoms with van der Waals surface area (Å²) >= 11 is 0. The zero-order valence-corrected chi connectivity index (χ0v) is 14.0. The van der Waals surface area contributed by atoms with E-state index in [2.05, 4.69) is 19.2 Å². The van der Waals surface area contributed by atoms with E-state index >= 15 is 0 Å². The number of ether oxygens (including phenoxy) is 1. The molecule has 0 aromatic heterocycles. The van der Waals surface area contributed by atoms with Crippen molar-refractivity contribution in [2.24, 2.45) is 11.7 Å². The summed E-state index contributed by atoms with van der Waals surface area (Å²) in [5.41, 5.74) is 5.64. The number of nitrogens with two attached hydrogens (primary N) is 1. The Hall–Kier alpha value is -1.33. The maximum Gasteiger partial charge on any atom is 0.220 e. The molecule has 0 aliphatic rings. The number of benzene rings is 1. The molecule has 0 heterocycles. The minimum Gasteiger partial charge on any atom is -0.494 e. The number of carbonyl (C=O) groups is 1. The van der Waals surface area contributed by atoms with Gasteiger partial charge in [-0.25, -0.2) is 4.39 Å². The third kappa shape index (κ3) is 8.85. The number of halogens is 2. The molecule has 1 aromatic rings. The van der Waals surface area contributed by atoms with E-state index < -0.39 is 0 Å². The summed E-state index contributed by atoms with van der Waals surface area (Å²) in [5.74, 6) is 0.811. The number of amides is 1. The van der Waals surface area contributed by atoms with Crippen LogP contribution in [0, 0.1) is 11.7 Å². The lowest BCUT2D eigenvalue weighted by molar-refractivity contribution is -0.122. The quantitative estimate of drug-likeness (QED) is 0.683. The second-order valence-corrected chi connectivity index (χ2v) is 5.54. The van der Waals surface area contributed by atoms with Crippen molar-refractivity contribution in [3.05, 3.63) is 30.1 Å². The van der Waals surface area contributed by atoms with Crippen LogP contribution in [0.5, 0.6) is 5.75 Å². The molecule has 3 N–H and O–H groups in total. The van der Waals surface area contributed by atoms with Gasteiger partial charge < -0.3 is 15.8 Å². The van der Waals surface area contributed by atoms with Gasteiger partial charge in [-0.1, -0.05) is 13.8 Å². The molecule has 1 aromatic carbocycles. The molecule has 22 heavy (non-hydrogen) atoms. The van der Waals surface area contributed by atoms with E-state index in [4.69, 9.17) is 10.5 Å². The van der Waals surface area contributed by atoms with Crippen LogP contribution in [-0.4, -0.2) is 25.1 Å². The van der Waals surface area contributed by atoms with Crippen molar-refractivity contribution in [1.82, 2.24) is 5.32 Å². The Morgan fingerprint density at radius 2 is 1.95 bits per heavy atom. The summed E-state index contributed by atoms with van der Waals surface area (Å²) in [5, 5.41) is 2.94. The van der Waals surface area contributed by atoms with Crippen molar-refractivity contribution in [1.29, 1.82) is 0 Å². The highest BCUT2D eigenvalue weighted by Gasteiger charge is 2.12. The van der Waals surface area contributed by atoms with Crippen molar-refractivity contribution in [2.75, 3.05) is 13.2 Å². The minimum absolute atomic E-state index is 0. The van der Waals surface area contributed by atoms with E-state index in [-0.39, 0.29) is 30.2 Å². The lowest BCUT2D eigenvalue weighted by Gasteiger charge is -2.18. The molecule has 0 spiro atoms. The van der Waals surface area contributed by atoms with Gasteiger partial charge in [-0.15, -0.1) is 12.4 Å². The summed E-state index contributed by atoms with van der Waals surface area (Å²) in [6.45, 7) is 5.09. The standard InChI is InChI=1S/C16H25FN2O2.ClH/c1-12(2)10-14(11-18)19-16(20)4-3-9-21-15-7-5-13(17)6-8-15;/h5-8,12,14H,3-4,9-11,18H2,1-2H3,(H,19,20);1H. The van der Waals surface area contributed by atoms with Crippen LogP contribution < -0.4 is 15.8 Å². The summed E-state index contributed by atoms with van der Waals surface area (Å²) < 4.78 is 18.1. The van der Waals surface area contributed by atoms with Crippen LogP contribution in [0.15, 0.2) is 24.3 Å². The summed E-state index contributed by atoms with van der Waals surface area (Å²) in [7, 11) is 0. The smallest absolute Gasteiger partial charge is 0.220 e. The van der Waals surface area contributed by atoms with Gasteiger partial charge in [-0.2, -0.15) is 0 Å². The van der Waals surface area contributed by atoms with Crippen molar-refractivity contribution in [3.63, 3.8) is 0 Å². The first-order valence-electron chi connectivity index (χ1n) is 7.39. The number of carbonyl (C=O) groups excluding carboxylic acids is 1. The lowest BCUT2D eigenvalue weighted by atomic mass is 10.0. The highest BCUT2D eigenvalue weighted by molar-refractivity contribution is 5.85. The van der Waals surface area contributed by atoms with Crippen LogP contribution in [0.2, 0.25) is 0 Å². The van der Waals surface area contributed by atoms with E-state index in [9.17, 15) is 9.18 Å². The fourth-order valence-corrected chi connectivity index (χ4v) is 2.04. The third-order valence-corrected chi connectivity index (χ3v) is 3.04. The van der Waals surface area contributed by atoms with Crippen molar-refractivity contribution < 1.29 is 13.9 Å². The zero-order valence-electron chi connectivity index (χ0n) is 13.2. The Morgan fingerprint density at radius 1 is 1.32 bits per heavy atom. The third-order valence-electron chi connectivity index (χ3n) is 3.04. The van der Waals surface area contributed by atoms with Gasteiger partial charge in [-0.05, 0) is 43.0 Å². The van der Waals surface area contributed by atoms with Crippen LogP contribution in [0.4, 0.5) is 4.39 Å². The molecule has 0 aliphatic heterocycles. The molecule has 1 atom stereocenters. The van der Waals surface area contributed by atoms with Gasteiger partial charge in [0.15, 0.2) is 0 Å². The van der Waals surface area contributed by atoms with Gasteiger partial charge >= 0.3 is 0 Å². The van der Waals surface area contributed by atoms with Gasteiger partial charge in [0, 0.05) is 19.0 Å². The van der Waals surface area contributed by atoms with E-state index in [1.807, 2.05) is 0 Å². The molecule has 0 saturated heterocycles. The Balaban J connectivity index is 0.00000441. The Morgan fingerprint density at radius 3 is 2.50 bits per heavy atom. The first-order valence-corrected chi connectivity index (χ1v) is 7.39. The first kappa shape index (κ1) is 20.7. The fourth-order valence-electron chi connectivity index (χ4n) is 2.04. The number of rotatable bonds is 9. The van der Waals surface area contributed by atoms with Crippen LogP contribution in [0.3, 0.4) is 0 Å². The maximum atomic E-state index is 12.7. The SMILES string of the molecule is CC(C)CC(CN)NC(=O)CCCOc1ccc(F)cc1.Cl. The first-order chi connectivity index (χ1) is 10.0. The predicted octanol–water partition coefficient (Wildman–Crippen LogP) is 2.90. The van der Waals surface area contributed by atoms with Gasteiger partial charge in [0.05, 0.1) is 6.61 Å². The second-order valence-electron chi connectivity index (χ2n) is 5.54. The van der Waals surface area contributed by atoms with E-state index in [0.717, 1.165) is 6.42 Å². The fraction of sp³-hybridized carbons (Fsp3) is 0.562. The van der Waals surface area contributed by atoms with Crippen LogP contribution in [0.1, 0.15) is 33.1 Å². The lowest BCUT2D eigenvalue weighted by Crippen LogP contribution is -2.41. The van der Waals surface area contributed by atoms with Crippen LogP contribution >= 0.6 is 12.4 Å². The van der Waals surface area contributed by atoms with Crippen molar-refractivity contribution in [3.8, 4) is 5.75 Å². The topological polar surface area (TPSA) is 64.3 Å². The molecule has 0 fully saturated rings. The maximum absolute atomic E-state index is 12.7. The van der Waals surface area contributed by atoms with E-state index in [1.54, 1.807) is 12.1 Å². The van der Waals surface area contributed by atoms with Gasteiger partial charge in [0.1, 0.15) is 11.6 Å². The molecule has 0 radical (unpaired) electrons. The average Bonchev–Trinajstić information content (AvgIpc) is 2.44. The molecule has 4 nitrogen and oxygen atoms in total. The normalized spacial score (nSPS) is 11.7. The summed E-state index contributed by atoms with van der Waals surface area (Å²) in [4.78, 5) is 11.8. The highest BCUT2D eigenvalue weighted by atomic mass is 35.5. The largest absolute Gasteiger partial charge is 0.494 e. The molecular formula is C16H26ClFN2O2. The molecule has 6 heteroatoms. The Bertz CT molecular complexity index is 427. The van der Waals surface area contributed by atoms with Gasteiger partial charge in [-0.3, -0.25) is 4.79 Å². The molecule has 126 valence electrons. The second kappa shape index (κ2) is 11.3. The van der Waals surface area contributed by atoms with Crippen LogP contribution in [-0.2, 0) is 4.79 Å². The monoisotopic (exact) mass is 332 g/mol. The van der Waals surface area contributed by atoms with Gasteiger partial charge in [0.2, 0.25) is 5.91 Å². The number of hydrogen-bond acceptors (Lipinski definition) is 3. The molecule has 0 bridgehead atoms. The Kier molecular flexibility index (Phi) is 10.6. The molecule has 0 saturated carbocycles. The zero-order chi connectivity index (χ0) is 15.7. The summed E-state index contributed by atoms with van der Waals surface area (Å²) in [6, 6.07) is 5.88. The molecule has 1 unspecified atom stereocenters. The van der Waals surface area contributed by atoms with E-state index in [0.29, 0.717) is 37.7 Å². The minimum atomic E-state index is -0.292. The average molecular weight is 333 g/mol. The van der Waals surface area contributed by atoms with Crippen LogP contribution in [0.25, 0.3) is 0 Å². The van der Waals surface area contributed by atoms with Crippen molar-refractivity contribution >= 4 is 18.3 Å². The Labute approximate surface area is 138 Å². The molecule has 1 rings (SSSR count).